The second-order valence-electron chi connectivity index (χ2n) is 10.6. The lowest BCUT2D eigenvalue weighted by Gasteiger charge is -2.31. The molecule has 4 rings (SSSR count). The SMILES string of the molecule is CC(C)N(Cc1nnc(-c2ccc(C(C)(C)C)cc2)o1)C(=O)C1CCCN1S(=O)(=O)c1ccc(Cl)cc1. The van der Waals surface area contributed by atoms with E-state index in [1.54, 1.807) is 4.90 Å². The van der Waals surface area contributed by atoms with Crippen LogP contribution in [0.1, 0.15) is 58.9 Å². The molecule has 198 valence electrons. The van der Waals surface area contributed by atoms with Gasteiger partial charge in [-0.15, -0.1) is 10.2 Å². The number of rotatable bonds is 7. The molecule has 1 fully saturated rings. The molecule has 10 heteroatoms. The van der Waals surface area contributed by atoms with Crippen LogP contribution < -0.4 is 0 Å². The summed E-state index contributed by atoms with van der Waals surface area (Å²) in [5.74, 6) is 0.390. The van der Waals surface area contributed by atoms with Crippen molar-refractivity contribution in [2.45, 2.75) is 76.4 Å². The molecule has 8 nitrogen and oxygen atoms in total. The maximum absolute atomic E-state index is 13.7. The smallest absolute Gasteiger partial charge is 0.247 e. The summed E-state index contributed by atoms with van der Waals surface area (Å²) < 4.78 is 33.9. The van der Waals surface area contributed by atoms with Gasteiger partial charge in [0.1, 0.15) is 6.04 Å². The number of hydrogen-bond acceptors (Lipinski definition) is 6. The highest BCUT2D eigenvalue weighted by Gasteiger charge is 2.42. The first kappa shape index (κ1) is 27.3. The average molecular weight is 545 g/mol. The van der Waals surface area contributed by atoms with Gasteiger partial charge < -0.3 is 9.32 Å². The normalized spacial score (nSPS) is 16.9. The largest absolute Gasteiger partial charge is 0.419 e. The summed E-state index contributed by atoms with van der Waals surface area (Å²) >= 11 is 5.93. The fourth-order valence-electron chi connectivity index (χ4n) is 4.42. The summed E-state index contributed by atoms with van der Waals surface area (Å²) in [7, 11) is -3.85. The lowest BCUT2D eigenvalue weighted by Crippen LogP contribution is -2.49. The summed E-state index contributed by atoms with van der Waals surface area (Å²) in [6.07, 6.45) is 1.05. The van der Waals surface area contributed by atoms with Crippen LogP contribution in [0.4, 0.5) is 0 Å². The number of carbonyl (C=O) groups is 1. The van der Waals surface area contributed by atoms with E-state index >= 15 is 0 Å². The Labute approximate surface area is 223 Å². The number of amides is 1. The molecule has 3 aromatic rings. The van der Waals surface area contributed by atoms with E-state index in [4.69, 9.17) is 16.0 Å². The highest BCUT2D eigenvalue weighted by molar-refractivity contribution is 7.89. The second kappa shape index (κ2) is 10.6. The van der Waals surface area contributed by atoms with E-state index in [0.29, 0.717) is 29.6 Å². The number of aromatic nitrogens is 2. The third kappa shape index (κ3) is 5.89. The lowest BCUT2D eigenvalue weighted by molar-refractivity contribution is -0.137. The monoisotopic (exact) mass is 544 g/mol. The first-order valence-electron chi connectivity index (χ1n) is 12.4. The van der Waals surface area contributed by atoms with Gasteiger partial charge in [-0.2, -0.15) is 4.31 Å². The molecule has 1 saturated heterocycles. The van der Waals surface area contributed by atoms with E-state index in [9.17, 15) is 13.2 Å². The predicted molar refractivity (Wildman–Crippen MR) is 142 cm³/mol. The maximum atomic E-state index is 13.7. The van der Waals surface area contributed by atoms with Gasteiger partial charge in [-0.25, -0.2) is 8.42 Å². The third-order valence-corrected chi connectivity index (χ3v) is 8.76. The Morgan fingerprint density at radius 2 is 1.76 bits per heavy atom. The van der Waals surface area contributed by atoms with E-state index in [-0.39, 0.29) is 35.3 Å². The minimum absolute atomic E-state index is 0.0336. The number of carbonyl (C=O) groups excluding carboxylic acids is 1. The van der Waals surface area contributed by atoms with Gasteiger partial charge in [0.25, 0.3) is 0 Å². The van der Waals surface area contributed by atoms with Crippen molar-refractivity contribution in [1.82, 2.24) is 19.4 Å². The van der Waals surface area contributed by atoms with Gasteiger partial charge >= 0.3 is 0 Å². The second-order valence-corrected chi connectivity index (χ2v) is 12.9. The van der Waals surface area contributed by atoms with Gasteiger partial charge in [0.05, 0.1) is 11.4 Å². The van der Waals surface area contributed by atoms with Crippen molar-refractivity contribution in [1.29, 1.82) is 0 Å². The molecule has 0 radical (unpaired) electrons. The predicted octanol–water partition coefficient (Wildman–Crippen LogP) is 5.28. The van der Waals surface area contributed by atoms with Crippen LogP contribution in [-0.4, -0.2) is 52.4 Å². The molecule has 1 amide bonds. The molecule has 37 heavy (non-hydrogen) atoms. The first-order valence-corrected chi connectivity index (χ1v) is 14.2. The van der Waals surface area contributed by atoms with E-state index in [0.717, 1.165) is 5.56 Å². The van der Waals surface area contributed by atoms with Gasteiger partial charge in [-0.1, -0.05) is 44.5 Å². The topological polar surface area (TPSA) is 96.6 Å². The van der Waals surface area contributed by atoms with Crippen molar-refractivity contribution in [3.05, 3.63) is 65.0 Å². The third-order valence-electron chi connectivity index (χ3n) is 6.59. The Bertz CT molecular complexity index is 1350. The summed E-state index contributed by atoms with van der Waals surface area (Å²) in [4.78, 5) is 15.4. The van der Waals surface area contributed by atoms with Crippen LogP contribution in [0.3, 0.4) is 0 Å². The average Bonchev–Trinajstić information content (AvgIpc) is 3.52. The van der Waals surface area contributed by atoms with Crippen LogP contribution in [0, 0.1) is 0 Å². The van der Waals surface area contributed by atoms with Crippen molar-refractivity contribution in [3.63, 3.8) is 0 Å². The number of halogens is 1. The fraction of sp³-hybridized carbons (Fsp3) is 0.444. The quantitative estimate of drug-likeness (QED) is 0.401. The number of benzene rings is 2. The van der Waals surface area contributed by atoms with Crippen molar-refractivity contribution in [2.75, 3.05) is 6.54 Å². The zero-order chi connectivity index (χ0) is 27.0. The molecule has 0 aliphatic carbocycles. The molecule has 1 aliphatic heterocycles. The highest BCUT2D eigenvalue weighted by atomic mass is 35.5. The Kier molecular flexibility index (Phi) is 7.78. The Morgan fingerprint density at radius 1 is 1.11 bits per heavy atom. The zero-order valence-corrected chi connectivity index (χ0v) is 23.4. The molecule has 1 unspecified atom stereocenters. The Balaban J connectivity index is 1.52. The Morgan fingerprint density at radius 3 is 2.35 bits per heavy atom. The number of hydrogen-bond donors (Lipinski definition) is 0. The molecule has 0 N–H and O–H groups in total. The molecule has 1 aliphatic rings. The molecule has 2 heterocycles. The first-order chi connectivity index (χ1) is 17.4. The van der Waals surface area contributed by atoms with E-state index in [1.165, 1.54) is 34.1 Å². The van der Waals surface area contributed by atoms with Crippen molar-refractivity contribution >= 4 is 27.5 Å². The molecular weight excluding hydrogens is 512 g/mol. The van der Waals surface area contributed by atoms with Crippen LogP contribution in [0.15, 0.2) is 57.8 Å². The number of nitrogens with zero attached hydrogens (tertiary/aromatic N) is 4. The van der Waals surface area contributed by atoms with Gasteiger partial charge in [-0.05, 0) is 74.1 Å². The Hall–Kier alpha value is -2.75. The highest BCUT2D eigenvalue weighted by Crippen LogP contribution is 2.30. The molecule has 1 aromatic heterocycles. The summed E-state index contributed by atoms with van der Waals surface area (Å²) in [5, 5.41) is 8.79. The van der Waals surface area contributed by atoms with Crippen molar-refractivity contribution < 1.29 is 17.6 Å². The lowest BCUT2D eigenvalue weighted by atomic mass is 9.87. The zero-order valence-electron chi connectivity index (χ0n) is 21.8. The minimum atomic E-state index is -3.85. The van der Waals surface area contributed by atoms with Gasteiger partial charge in [0.15, 0.2) is 0 Å². The molecule has 1 atom stereocenters. The van der Waals surface area contributed by atoms with Crippen LogP contribution in [0.25, 0.3) is 11.5 Å². The summed E-state index contributed by atoms with van der Waals surface area (Å²) in [6.45, 7) is 10.6. The van der Waals surface area contributed by atoms with Crippen LogP contribution >= 0.6 is 11.6 Å². The van der Waals surface area contributed by atoms with Crippen LogP contribution in [0.2, 0.25) is 5.02 Å². The maximum Gasteiger partial charge on any atom is 0.247 e. The van der Waals surface area contributed by atoms with Gasteiger partial charge in [-0.3, -0.25) is 4.79 Å². The van der Waals surface area contributed by atoms with E-state index in [2.05, 4.69) is 31.0 Å². The van der Waals surface area contributed by atoms with Crippen LogP contribution in [0.5, 0.6) is 0 Å². The summed E-state index contributed by atoms with van der Waals surface area (Å²) in [6, 6.07) is 13.0. The van der Waals surface area contributed by atoms with Gasteiger partial charge in [0, 0.05) is 23.2 Å². The molecular formula is C27H33ClN4O4S. The van der Waals surface area contributed by atoms with Crippen molar-refractivity contribution in [2.24, 2.45) is 0 Å². The molecule has 0 spiro atoms. The number of sulfonamides is 1. The van der Waals surface area contributed by atoms with Gasteiger partial charge in [0.2, 0.25) is 27.7 Å². The van der Waals surface area contributed by atoms with E-state index < -0.39 is 16.1 Å². The molecule has 0 saturated carbocycles. The minimum Gasteiger partial charge on any atom is -0.419 e. The standard InChI is InChI=1S/C27H33ClN4O4S/c1-18(2)31(17-24-29-30-25(36-24)19-8-10-20(11-9-19)27(3,4)5)26(33)23-7-6-16-32(23)37(34,35)22-14-12-21(28)13-15-22/h8-15,18,23H,6-7,16-17H2,1-5H3. The molecule has 0 bridgehead atoms. The summed E-state index contributed by atoms with van der Waals surface area (Å²) in [5.41, 5.74) is 2.03. The van der Waals surface area contributed by atoms with E-state index in [1.807, 2.05) is 38.1 Å². The molecule has 2 aromatic carbocycles. The van der Waals surface area contributed by atoms with Crippen LogP contribution in [-0.2, 0) is 26.8 Å². The van der Waals surface area contributed by atoms with Crippen molar-refractivity contribution in [3.8, 4) is 11.5 Å². The fourth-order valence-corrected chi connectivity index (χ4v) is 6.19.